The maximum absolute atomic E-state index is 13.0. The van der Waals surface area contributed by atoms with Crippen molar-refractivity contribution < 1.29 is 13.2 Å². The van der Waals surface area contributed by atoms with Crippen molar-refractivity contribution in [1.29, 1.82) is 0 Å². The van der Waals surface area contributed by atoms with Gasteiger partial charge in [-0.1, -0.05) is 35.3 Å². The molecule has 0 spiro atoms. The monoisotopic (exact) mass is 378 g/mol. The summed E-state index contributed by atoms with van der Waals surface area (Å²) in [6, 6.07) is 10.5. The number of halogens is 5. The number of rotatable bonds is 3. The van der Waals surface area contributed by atoms with Crippen molar-refractivity contribution in [3.05, 3.63) is 63.6 Å². The minimum Gasteiger partial charge on any atom is -0.358 e. The number of hydrogen-bond donors (Lipinski definition) is 2. The van der Waals surface area contributed by atoms with Crippen LogP contribution >= 0.6 is 35.4 Å². The molecule has 0 saturated heterocycles. The van der Waals surface area contributed by atoms with E-state index in [0.29, 0.717) is 11.6 Å². The number of alkyl halides is 3. The zero-order valence-electron chi connectivity index (χ0n) is 11.5. The van der Waals surface area contributed by atoms with Crippen molar-refractivity contribution in [2.24, 2.45) is 0 Å². The largest absolute Gasteiger partial charge is 0.418 e. The van der Waals surface area contributed by atoms with Crippen LogP contribution in [0, 0.1) is 0 Å². The molecule has 23 heavy (non-hydrogen) atoms. The minimum atomic E-state index is -4.53. The highest BCUT2D eigenvalue weighted by molar-refractivity contribution is 7.80. The van der Waals surface area contributed by atoms with E-state index in [2.05, 4.69) is 10.6 Å². The number of nitrogens with one attached hydrogen (secondary N) is 2. The Balaban J connectivity index is 2.04. The van der Waals surface area contributed by atoms with Gasteiger partial charge in [-0.25, -0.2) is 0 Å². The zero-order chi connectivity index (χ0) is 17.0. The van der Waals surface area contributed by atoms with Gasteiger partial charge in [0.1, 0.15) is 0 Å². The van der Waals surface area contributed by atoms with Gasteiger partial charge >= 0.3 is 6.18 Å². The summed E-state index contributed by atoms with van der Waals surface area (Å²) in [5, 5.41) is 6.06. The molecule has 0 bridgehead atoms. The quantitative estimate of drug-likeness (QED) is 0.689. The smallest absolute Gasteiger partial charge is 0.358 e. The van der Waals surface area contributed by atoms with Crippen molar-refractivity contribution in [2.75, 3.05) is 5.32 Å². The van der Waals surface area contributed by atoms with Gasteiger partial charge in [0.25, 0.3) is 0 Å². The molecule has 0 heterocycles. The first-order valence-corrected chi connectivity index (χ1v) is 7.58. The Morgan fingerprint density at radius 3 is 2.22 bits per heavy atom. The molecule has 0 fully saturated rings. The van der Waals surface area contributed by atoms with Crippen LogP contribution in [0.4, 0.5) is 18.9 Å². The molecule has 2 N–H and O–H groups in total. The van der Waals surface area contributed by atoms with E-state index in [-0.39, 0.29) is 15.8 Å². The lowest BCUT2D eigenvalue weighted by Gasteiger charge is -2.16. The number of thiocarbonyl (C=S) groups is 1. The second kappa shape index (κ2) is 7.38. The molecule has 0 atom stereocenters. The van der Waals surface area contributed by atoms with Crippen molar-refractivity contribution in [3.63, 3.8) is 0 Å². The van der Waals surface area contributed by atoms with Gasteiger partial charge in [-0.15, -0.1) is 0 Å². The molecule has 122 valence electrons. The fraction of sp³-hybridized carbons (Fsp3) is 0.133. The van der Waals surface area contributed by atoms with Crippen molar-refractivity contribution in [2.45, 2.75) is 12.7 Å². The molecular weight excluding hydrogens is 368 g/mol. The second-order valence-electron chi connectivity index (χ2n) is 4.62. The van der Waals surface area contributed by atoms with Gasteiger partial charge < -0.3 is 10.6 Å². The molecule has 0 aliphatic heterocycles. The highest BCUT2D eigenvalue weighted by Gasteiger charge is 2.34. The fourth-order valence-electron chi connectivity index (χ4n) is 1.81. The van der Waals surface area contributed by atoms with E-state index >= 15 is 0 Å². The molecular formula is C15H11Cl2F3N2S. The fourth-order valence-corrected chi connectivity index (χ4v) is 2.29. The van der Waals surface area contributed by atoms with E-state index in [9.17, 15) is 13.2 Å². The number of benzene rings is 2. The van der Waals surface area contributed by atoms with E-state index in [1.54, 1.807) is 24.3 Å². The highest BCUT2D eigenvalue weighted by atomic mass is 35.5. The lowest BCUT2D eigenvalue weighted by molar-refractivity contribution is -0.136. The standard InChI is InChI=1S/C15H11Cl2F3N2S/c16-10-3-1-9(2-4-10)8-21-14(23)22-13-6-5-11(17)7-12(13)15(18,19)20/h1-7H,8H2,(H2,21,22,23). The average Bonchev–Trinajstić information content (AvgIpc) is 2.47. The highest BCUT2D eigenvalue weighted by Crippen LogP contribution is 2.36. The van der Waals surface area contributed by atoms with Gasteiger partial charge in [-0.3, -0.25) is 0 Å². The van der Waals surface area contributed by atoms with Gasteiger partial charge in [0.05, 0.1) is 11.3 Å². The first kappa shape index (κ1) is 17.8. The average molecular weight is 379 g/mol. The van der Waals surface area contributed by atoms with Crippen LogP contribution in [-0.4, -0.2) is 5.11 Å². The Bertz CT molecular complexity index is 703. The second-order valence-corrected chi connectivity index (χ2v) is 5.90. The SMILES string of the molecule is FC(F)(F)c1cc(Cl)ccc1NC(=S)NCc1ccc(Cl)cc1. The molecule has 0 aliphatic rings. The third-order valence-corrected chi connectivity index (χ3v) is 3.64. The predicted octanol–water partition coefficient (Wildman–Crippen LogP) is 5.50. The van der Waals surface area contributed by atoms with Crippen LogP contribution in [0.1, 0.15) is 11.1 Å². The van der Waals surface area contributed by atoms with Crippen molar-refractivity contribution in [3.8, 4) is 0 Å². The van der Waals surface area contributed by atoms with Gasteiger partial charge in [0.15, 0.2) is 5.11 Å². The molecule has 0 amide bonds. The summed E-state index contributed by atoms with van der Waals surface area (Å²) < 4.78 is 39.0. The van der Waals surface area contributed by atoms with E-state index in [4.69, 9.17) is 35.4 Å². The molecule has 0 radical (unpaired) electrons. The van der Waals surface area contributed by atoms with E-state index in [1.807, 2.05) is 0 Å². The first-order valence-electron chi connectivity index (χ1n) is 6.42. The Hall–Kier alpha value is -1.50. The number of hydrogen-bond acceptors (Lipinski definition) is 1. The molecule has 0 saturated carbocycles. The molecule has 2 rings (SSSR count). The topological polar surface area (TPSA) is 24.1 Å². The maximum Gasteiger partial charge on any atom is 0.418 e. The molecule has 0 unspecified atom stereocenters. The predicted molar refractivity (Wildman–Crippen MR) is 91.0 cm³/mol. The third-order valence-electron chi connectivity index (χ3n) is 2.90. The summed E-state index contributed by atoms with van der Waals surface area (Å²) in [4.78, 5) is 0. The van der Waals surface area contributed by atoms with Crippen LogP contribution in [-0.2, 0) is 12.7 Å². The first-order chi connectivity index (χ1) is 10.8. The summed E-state index contributed by atoms with van der Waals surface area (Å²) in [5.74, 6) is 0. The van der Waals surface area contributed by atoms with E-state index in [1.165, 1.54) is 12.1 Å². The normalized spacial score (nSPS) is 11.2. The van der Waals surface area contributed by atoms with Gasteiger partial charge in [0, 0.05) is 16.6 Å². The van der Waals surface area contributed by atoms with Crippen LogP contribution in [0.15, 0.2) is 42.5 Å². The molecule has 2 aromatic rings. The van der Waals surface area contributed by atoms with Gasteiger partial charge in [-0.05, 0) is 48.1 Å². The number of anilines is 1. The summed E-state index contributed by atoms with van der Waals surface area (Å²) in [5.41, 5.74) is -0.137. The van der Waals surface area contributed by atoms with Crippen LogP contribution in [0.5, 0.6) is 0 Å². The lowest BCUT2D eigenvalue weighted by atomic mass is 10.1. The Kier molecular flexibility index (Phi) is 5.73. The summed E-state index contributed by atoms with van der Waals surface area (Å²) >= 11 is 16.4. The molecule has 0 aliphatic carbocycles. The van der Waals surface area contributed by atoms with Crippen molar-refractivity contribution in [1.82, 2.24) is 5.32 Å². The van der Waals surface area contributed by atoms with Crippen LogP contribution < -0.4 is 10.6 Å². The molecule has 2 aromatic carbocycles. The van der Waals surface area contributed by atoms with E-state index in [0.717, 1.165) is 11.6 Å². The molecule has 0 aromatic heterocycles. The molecule has 2 nitrogen and oxygen atoms in total. The Labute approximate surface area is 146 Å². The summed E-state index contributed by atoms with van der Waals surface area (Å²) in [6.45, 7) is 0.359. The van der Waals surface area contributed by atoms with Crippen LogP contribution in [0.3, 0.4) is 0 Å². The molecule has 8 heteroatoms. The lowest BCUT2D eigenvalue weighted by Crippen LogP contribution is -2.29. The van der Waals surface area contributed by atoms with Gasteiger partial charge in [-0.2, -0.15) is 13.2 Å². The van der Waals surface area contributed by atoms with Crippen LogP contribution in [0.25, 0.3) is 0 Å². The Morgan fingerprint density at radius 1 is 1.00 bits per heavy atom. The van der Waals surface area contributed by atoms with E-state index < -0.39 is 11.7 Å². The summed E-state index contributed by atoms with van der Waals surface area (Å²) in [7, 11) is 0. The van der Waals surface area contributed by atoms with Gasteiger partial charge in [0.2, 0.25) is 0 Å². The van der Waals surface area contributed by atoms with Crippen LogP contribution in [0.2, 0.25) is 10.0 Å². The maximum atomic E-state index is 13.0. The Morgan fingerprint density at radius 2 is 1.61 bits per heavy atom. The third kappa shape index (κ3) is 5.27. The minimum absolute atomic E-state index is 0.00270. The van der Waals surface area contributed by atoms with Crippen molar-refractivity contribution >= 4 is 46.2 Å². The summed E-state index contributed by atoms with van der Waals surface area (Å²) in [6.07, 6.45) is -4.53. The zero-order valence-corrected chi connectivity index (χ0v) is 13.9.